The van der Waals surface area contributed by atoms with Gasteiger partial charge in [-0.25, -0.2) is 4.79 Å². The highest BCUT2D eigenvalue weighted by atomic mass is 16.5. The van der Waals surface area contributed by atoms with Crippen LogP contribution in [0.5, 0.6) is 0 Å². The van der Waals surface area contributed by atoms with E-state index in [1.54, 1.807) is 31.2 Å². The van der Waals surface area contributed by atoms with Crippen molar-refractivity contribution in [2.45, 2.75) is 45.7 Å². The van der Waals surface area contributed by atoms with Gasteiger partial charge in [-0.05, 0) is 18.9 Å². The molecule has 0 aliphatic carbocycles. The van der Waals surface area contributed by atoms with E-state index in [4.69, 9.17) is 4.74 Å². The van der Waals surface area contributed by atoms with Gasteiger partial charge in [0.15, 0.2) is 6.61 Å². The summed E-state index contributed by atoms with van der Waals surface area (Å²) in [4.78, 5) is 46.5. The van der Waals surface area contributed by atoms with Gasteiger partial charge in [0.1, 0.15) is 0 Å². The van der Waals surface area contributed by atoms with Gasteiger partial charge in [0.25, 0.3) is 5.91 Å². The van der Waals surface area contributed by atoms with Crippen molar-refractivity contribution >= 4 is 23.8 Å². The van der Waals surface area contributed by atoms with Crippen molar-refractivity contribution < 1.29 is 23.9 Å². The molecule has 0 unspecified atom stereocenters. The molecular formula is C18H25N3O5. The Bertz CT molecular complexity index is 633. The Morgan fingerprint density at radius 1 is 1.08 bits per heavy atom. The van der Waals surface area contributed by atoms with Crippen molar-refractivity contribution in [3.8, 4) is 0 Å². The fraction of sp³-hybridized carbons (Fsp3) is 0.444. The monoisotopic (exact) mass is 363 g/mol. The molecule has 0 aromatic heterocycles. The molecule has 3 N–H and O–H groups in total. The van der Waals surface area contributed by atoms with Gasteiger partial charge in [0, 0.05) is 13.0 Å². The molecule has 8 heteroatoms. The smallest absolute Gasteiger partial charge is 0.321 e. The van der Waals surface area contributed by atoms with Crippen molar-refractivity contribution in [3.63, 3.8) is 0 Å². The zero-order valence-corrected chi connectivity index (χ0v) is 15.2. The number of rotatable bonds is 8. The molecule has 0 fully saturated rings. The molecule has 142 valence electrons. The lowest BCUT2D eigenvalue weighted by atomic mass is 10.0. The predicted molar refractivity (Wildman–Crippen MR) is 95.0 cm³/mol. The number of carbonyl (C=O) groups is 4. The van der Waals surface area contributed by atoms with Gasteiger partial charge in [-0.3, -0.25) is 19.7 Å². The van der Waals surface area contributed by atoms with E-state index in [0.29, 0.717) is 0 Å². The zero-order chi connectivity index (χ0) is 19.5. The fourth-order valence-corrected chi connectivity index (χ4v) is 2.08. The predicted octanol–water partition coefficient (Wildman–Crippen LogP) is 1.42. The van der Waals surface area contributed by atoms with Gasteiger partial charge in [-0.15, -0.1) is 0 Å². The molecule has 0 saturated heterocycles. The first kappa shape index (κ1) is 21.1. The standard InChI is InChI=1S/C18H25N3O5/c1-4-12(2)19-18(25)21-16(23)11-26-17(24)10-15(20-13(3)22)14-8-6-5-7-9-14/h5-9,12,15H,4,10-11H2,1-3H3,(H,20,22)(H2,19,21,23,25)/t12-,15-/m1/s1. The number of hydrogen-bond acceptors (Lipinski definition) is 5. The summed E-state index contributed by atoms with van der Waals surface area (Å²) in [6, 6.07) is 7.69. The molecule has 1 rings (SSSR count). The van der Waals surface area contributed by atoms with Crippen LogP contribution in [0.3, 0.4) is 0 Å². The number of benzene rings is 1. The molecule has 1 aromatic rings. The normalized spacial score (nSPS) is 12.4. The molecule has 0 saturated carbocycles. The quantitative estimate of drug-likeness (QED) is 0.605. The van der Waals surface area contributed by atoms with Crippen LogP contribution in [0.15, 0.2) is 30.3 Å². The first-order valence-corrected chi connectivity index (χ1v) is 8.39. The van der Waals surface area contributed by atoms with Crippen molar-refractivity contribution in [3.05, 3.63) is 35.9 Å². The number of hydrogen-bond donors (Lipinski definition) is 3. The lowest BCUT2D eigenvalue weighted by Crippen LogP contribution is -2.44. The highest BCUT2D eigenvalue weighted by Gasteiger charge is 2.19. The Morgan fingerprint density at radius 2 is 1.73 bits per heavy atom. The molecule has 0 aliphatic heterocycles. The third kappa shape index (κ3) is 8.27. The van der Waals surface area contributed by atoms with Gasteiger partial charge in [-0.1, -0.05) is 37.3 Å². The Labute approximate surface area is 152 Å². The molecule has 26 heavy (non-hydrogen) atoms. The van der Waals surface area contributed by atoms with Gasteiger partial charge in [-0.2, -0.15) is 0 Å². The molecule has 1 aromatic carbocycles. The third-order valence-electron chi connectivity index (χ3n) is 3.56. The van der Waals surface area contributed by atoms with Crippen LogP contribution in [0.1, 0.15) is 45.2 Å². The molecular weight excluding hydrogens is 338 g/mol. The summed E-state index contributed by atoms with van der Waals surface area (Å²) in [5, 5.41) is 7.32. The number of carbonyl (C=O) groups excluding carboxylic acids is 4. The van der Waals surface area contributed by atoms with Gasteiger partial charge >= 0.3 is 12.0 Å². The lowest BCUT2D eigenvalue weighted by molar-refractivity contribution is -0.148. The minimum Gasteiger partial charge on any atom is -0.455 e. The van der Waals surface area contributed by atoms with Crippen molar-refractivity contribution in [2.75, 3.05) is 6.61 Å². The van der Waals surface area contributed by atoms with Crippen LogP contribution in [-0.2, 0) is 19.1 Å². The Morgan fingerprint density at radius 3 is 2.31 bits per heavy atom. The van der Waals surface area contributed by atoms with Crippen LogP contribution in [-0.4, -0.2) is 36.5 Å². The van der Waals surface area contributed by atoms with Crippen LogP contribution in [0.25, 0.3) is 0 Å². The maximum absolute atomic E-state index is 12.0. The fourth-order valence-electron chi connectivity index (χ4n) is 2.08. The third-order valence-corrected chi connectivity index (χ3v) is 3.56. The molecule has 0 heterocycles. The summed E-state index contributed by atoms with van der Waals surface area (Å²) in [7, 11) is 0. The van der Waals surface area contributed by atoms with Crippen molar-refractivity contribution in [1.29, 1.82) is 0 Å². The molecule has 0 spiro atoms. The average molecular weight is 363 g/mol. The summed E-state index contributed by atoms with van der Waals surface area (Å²) in [6.07, 6.45) is 0.594. The summed E-state index contributed by atoms with van der Waals surface area (Å²) in [6.45, 7) is 4.47. The van der Waals surface area contributed by atoms with E-state index < -0.39 is 30.6 Å². The summed E-state index contributed by atoms with van der Waals surface area (Å²) >= 11 is 0. The summed E-state index contributed by atoms with van der Waals surface area (Å²) in [5.74, 6) is -1.67. The highest BCUT2D eigenvalue weighted by Crippen LogP contribution is 2.17. The number of urea groups is 1. The topological polar surface area (TPSA) is 114 Å². The molecule has 0 radical (unpaired) electrons. The zero-order valence-electron chi connectivity index (χ0n) is 15.2. The van der Waals surface area contributed by atoms with E-state index in [1.807, 2.05) is 13.0 Å². The first-order chi connectivity index (χ1) is 12.3. The highest BCUT2D eigenvalue weighted by molar-refractivity contribution is 5.95. The molecule has 2 atom stereocenters. The minimum atomic E-state index is -0.727. The number of nitrogens with one attached hydrogen (secondary N) is 3. The van der Waals surface area contributed by atoms with Crippen LogP contribution in [0.4, 0.5) is 4.79 Å². The SMILES string of the molecule is CC[C@@H](C)NC(=O)NC(=O)COC(=O)C[C@@H](NC(C)=O)c1ccccc1. The van der Waals surface area contributed by atoms with E-state index in [2.05, 4.69) is 16.0 Å². The van der Waals surface area contributed by atoms with E-state index in [1.165, 1.54) is 6.92 Å². The Balaban J connectivity index is 2.49. The number of esters is 1. The van der Waals surface area contributed by atoms with Gasteiger partial charge in [0.2, 0.25) is 5.91 Å². The Hall–Kier alpha value is -2.90. The second kappa shape index (κ2) is 10.9. The Kier molecular flexibility index (Phi) is 8.83. The lowest BCUT2D eigenvalue weighted by Gasteiger charge is -2.17. The van der Waals surface area contributed by atoms with Gasteiger partial charge < -0.3 is 15.4 Å². The van der Waals surface area contributed by atoms with E-state index in [9.17, 15) is 19.2 Å². The summed E-state index contributed by atoms with van der Waals surface area (Å²) < 4.78 is 4.89. The summed E-state index contributed by atoms with van der Waals surface area (Å²) in [5.41, 5.74) is 0.747. The molecule has 4 amide bonds. The van der Waals surface area contributed by atoms with Crippen LogP contribution >= 0.6 is 0 Å². The first-order valence-electron chi connectivity index (χ1n) is 8.39. The van der Waals surface area contributed by atoms with Gasteiger partial charge in [0.05, 0.1) is 12.5 Å². The second-order valence-electron chi connectivity index (χ2n) is 5.86. The number of imide groups is 1. The average Bonchev–Trinajstić information content (AvgIpc) is 2.59. The van der Waals surface area contributed by atoms with E-state index in [0.717, 1.165) is 12.0 Å². The second-order valence-corrected chi connectivity index (χ2v) is 5.86. The molecule has 0 aliphatic rings. The van der Waals surface area contributed by atoms with Crippen molar-refractivity contribution in [1.82, 2.24) is 16.0 Å². The number of ether oxygens (including phenoxy) is 1. The van der Waals surface area contributed by atoms with Crippen LogP contribution in [0, 0.1) is 0 Å². The molecule has 0 bridgehead atoms. The largest absolute Gasteiger partial charge is 0.455 e. The van der Waals surface area contributed by atoms with Crippen LogP contribution in [0.2, 0.25) is 0 Å². The maximum atomic E-state index is 12.0. The van der Waals surface area contributed by atoms with Crippen molar-refractivity contribution in [2.24, 2.45) is 0 Å². The van der Waals surface area contributed by atoms with E-state index >= 15 is 0 Å². The maximum Gasteiger partial charge on any atom is 0.321 e. The van der Waals surface area contributed by atoms with E-state index in [-0.39, 0.29) is 18.4 Å². The number of amides is 4. The minimum absolute atomic E-state index is 0.0744. The molecule has 8 nitrogen and oxygen atoms in total. The van der Waals surface area contributed by atoms with Crippen LogP contribution < -0.4 is 16.0 Å².